The van der Waals surface area contributed by atoms with Gasteiger partial charge in [-0.05, 0) is 52.3 Å². The maximum absolute atomic E-state index is 12.2. The standard InChI is InChI=1S/C14H8Br2N2O3/c15-8-2-3-9(16)11(6-8)18-12-5-7(13(19)20)1-4-10(12)17-14(18)21/h1-6H,(H,17,21)(H,19,20). The van der Waals surface area contributed by atoms with E-state index in [1.165, 1.54) is 16.7 Å². The largest absolute Gasteiger partial charge is 0.478 e. The molecule has 21 heavy (non-hydrogen) atoms. The number of carboxylic acids is 1. The van der Waals surface area contributed by atoms with E-state index in [1.807, 2.05) is 12.1 Å². The highest BCUT2D eigenvalue weighted by Crippen LogP contribution is 2.27. The Kier molecular flexibility index (Phi) is 3.46. The van der Waals surface area contributed by atoms with Gasteiger partial charge >= 0.3 is 11.7 Å². The zero-order chi connectivity index (χ0) is 15.1. The van der Waals surface area contributed by atoms with Gasteiger partial charge < -0.3 is 10.1 Å². The summed E-state index contributed by atoms with van der Waals surface area (Å²) in [6.07, 6.45) is 0. The second-order valence-corrected chi connectivity index (χ2v) is 6.17. The van der Waals surface area contributed by atoms with Crippen molar-refractivity contribution in [3.05, 3.63) is 61.4 Å². The van der Waals surface area contributed by atoms with Crippen molar-refractivity contribution < 1.29 is 9.90 Å². The van der Waals surface area contributed by atoms with Gasteiger partial charge in [0.15, 0.2) is 0 Å². The van der Waals surface area contributed by atoms with E-state index in [0.717, 1.165) is 8.95 Å². The van der Waals surface area contributed by atoms with Crippen LogP contribution < -0.4 is 5.69 Å². The Labute approximate surface area is 135 Å². The third kappa shape index (κ3) is 2.43. The zero-order valence-electron chi connectivity index (χ0n) is 10.4. The maximum atomic E-state index is 12.2. The highest BCUT2D eigenvalue weighted by molar-refractivity contribution is 9.11. The predicted molar refractivity (Wildman–Crippen MR) is 86.3 cm³/mol. The van der Waals surface area contributed by atoms with Crippen molar-refractivity contribution in [1.82, 2.24) is 9.55 Å². The van der Waals surface area contributed by atoms with Crippen molar-refractivity contribution in [2.75, 3.05) is 0 Å². The summed E-state index contributed by atoms with van der Waals surface area (Å²) in [4.78, 5) is 26.0. The Hall–Kier alpha value is -1.86. The van der Waals surface area contributed by atoms with Gasteiger partial charge in [0.05, 0.1) is 22.3 Å². The number of hydrogen-bond acceptors (Lipinski definition) is 2. The minimum atomic E-state index is -1.04. The lowest BCUT2D eigenvalue weighted by Crippen LogP contribution is -2.15. The monoisotopic (exact) mass is 410 g/mol. The lowest BCUT2D eigenvalue weighted by molar-refractivity contribution is 0.0697. The summed E-state index contributed by atoms with van der Waals surface area (Å²) in [5.74, 6) is -1.04. The predicted octanol–water partition coefficient (Wildman–Crippen LogP) is 3.54. The van der Waals surface area contributed by atoms with Gasteiger partial charge in [-0.3, -0.25) is 4.57 Å². The molecular formula is C14H8Br2N2O3. The number of fused-ring (bicyclic) bond motifs is 1. The van der Waals surface area contributed by atoms with Crippen molar-refractivity contribution in [2.24, 2.45) is 0 Å². The van der Waals surface area contributed by atoms with Gasteiger partial charge in [-0.25, -0.2) is 9.59 Å². The smallest absolute Gasteiger partial charge is 0.335 e. The lowest BCUT2D eigenvalue weighted by atomic mass is 10.2. The Bertz CT molecular complexity index is 928. The Morgan fingerprint density at radius 1 is 1.14 bits per heavy atom. The number of aromatic nitrogens is 2. The second kappa shape index (κ2) is 5.16. The van der Waals surface area contributed by atoms with E-state index in [0.29, 0.717) is 16.7 Å². The summed E-state index contributed by atoms with van der Waals surface area (Å²) >= 11 is 6.78. The molecule has 1 aromatic heterocycles. The van der Waals surface area contributed by atoms with Crippen LogP contribution in [-0.4, -0.2) is 20.6 Å². The number of carboxylic acid groups (broad SMARTS) is 1. The number of carbonyl (C=O) groups is 1. The van der Waals surface area contributed by atoms with Crippen LogP contribution in [0.2, 0.25) is 0 Å². The van der Waals surface area contributed by atoms with E-state index in [4.69, 9.17) is 5.11 Å². The molecule has 0 aliphatic heterocycles. The topological polar surface area (TPSA) is 75.1 Å². The summed E-state index contributed by atoms with van der Waals surface area (Å²) in [5, 5.41) is 9.10. The number of H-pyrrole nitrogens is 1. The molecule has 3 aromatic rings. The second-order valence-electron chi connectivity index (χ2n) is 4.40. The van der Waals surface area contributed by atoms with Crippen LogP contribution >= 0.6 is 31.9 Å². The molecule has 0 radical (unpaired) electrons. The van der Waals surface area contributed by atoms with Gasteiger partial charge in [0.25, 0.3) is 0 Å². The normalized spacial score (nSPS) is 11.0. The summed E-state index contributed by atoms with van der Waals surface area (Å²) in [6, 6.07) is 9.96. The van der Waals surface area contributed by atoms with Crippen molar-refractivity contribution in [3.63, 3.8) is 0 Å². The number of aromatic carboxylic acids is 1. The number of nitrogens with zero attached hydrogens (tertiary/aromatic N) is 1. The fraction of sp³-hybridized carbons (Fsp3) is 0. The molecule has 2 aromatic carbocycles. The molecule has 1 heterocycles. The molecule has 0 saturated carbocycles. The molecule has 2 N–H and O–H groups in total. The van der Waals surface area contributed by atoms with Gasteiger partial charge in [-0.15, -0.1) is 0 Å². The third-order valence-electron chi connectivity index (χ3n) is 3.08. The van der Waals surface area contributed by atoms with E-state index >= 15 is 0 Å². The molecular weight excluding hydrogens is 404 g/mol. The average Bonchev–Trinajstić information content (AvgIpc) is 2.76. The molecule has 5 nitrogen and oxygen atoms in total. The average molecular weight is 412 g/mol. The number of aromatic amines is 1. The van der Waals surface area contributed by atoms with Crippen molar-refractivity contribution in [1.29, 1.82) is 0 Å². The molecule has 0 atom stereocenters. The van der Waals surface area contributed by atoms with Crippen LogP contribution in [0.3, 0.4) is 0 Å². The van der Waals surface area contributed by atoms with Gasteiger partial charge in [0.1, 0.15) is 0 Å². The van der Waals surface area contributed by atoms with E-state index in [-0.39, 0.29) is 11.3 Å². The van der Waals surface area contributed by atoms with Crippen LogP contribution in [0.1, 0.15) is 10.4 Å². The molecule has 7 heteroatoms. The number of imidazole rings is 1. The van der Waals surface area contributed by atoms with Crippen LogP contribution in [0, 0.1) is 0 Å². The first-order valence-electron chi connectivity index (χ1n) is 5.91. The molecule has 0 amide bonds. The number of hydrogen-bond donors (Lipinski definition) is 2. The summed E-state index contributed by atoms with van der Waals surface area (Å²) in [7, 11) is 0. The molecule has 0 unspecified atom stereocenters. The van der Waals surface area contributed by atoms with E-state index in [9.17, 15) is 9.59 Å². The van der Waals surface area contributed by atoms with Crippen molar-refractivity contribution in [3.8, 4) is 5.69 Å². The number of benzene rings is 2. The SMILES string of the molecule is O=C(O)c1ccc2[nH]c(=O)n(-c3cc(Br)ccc3Br)c2c1. The van der Waals surface area contributed by atoms with E-state index in [2.05, 4.69) is 36.8 Å². The quantitative estimate of drug-likeness (QED) is 0.677. The number of halogens is 2. The minimum absolute atomic E-state index is 0.126. The molecule has 0 saturated heterocycles. The molecule has 0 spiro atoms. The minimum Gasteiger partial charge on any atom is -0.478 e. The highest BCUT2D eigenvalue weighted by Gasteiger charge is 2.14. The molecule has 0 bridgehead atoms. The zero-order valence-corrected chi connectivity index (χ0v) is 13.6. The maximum Gasteiger partial charge on any atom is 0.335 e. The Morgan fingerprint density at radius 3 is 2.62 bits per heavy atom. The van der Waals surface area contributed by atoms with Gasteiger partial charge in [0.2, 0.25) is 0 Å². The van der Waals surface area contributed by atoms with Crippen LogP contribution in [-0.2, 0) is 0 Å². The summed E-state index contributed by atoms with van der Waals surface area (Å²) in [5.41, 5.74) is 1.52. The summed E-state index contributed by atoms with van der Waals surface area (Å²) in [6.45, 7) is 0. The van der Waals surface area contributed by atoms with E-state index in [1.54, 1.807) is 12.1 Å². The first-order valence-corrected chi connectivity index (χ1v) is 7.49. The first-order chi connectivity index (χ1) is 9.97. The fourth-order valence-corrected chi connectivity index (χ4v) is 2.91. The number of nitrogens with one attached hydrogen (secondary N) is 1. The molecule has 0 aliphatic carbocycles. The highest BCUT2D eigenvalue weighted by atomic mass is 79.9. The van der Waals surface area contributed by atoms with Crippen molar-refractivity contribution >= 4 is 48.9 Å². The summed E-state index contributed by atoms with van der Waals surface area (Å²) < 4.78 is 2.99. The molecule has 0 aliphatic rings. The van der Waals surface area contributed by atoms with Gasteiger partial charge in [-0.1, -0.05) is 15.9 Å². The van der Waals surface area contributed by atoms with Gasteiger partial charge in [0, 0.05) is 8.95 Å². The van der Waals surface area contributed by atoms with Gasteiger partial charge in [-0.2, -0.15) is 0 Å². The molecule has 0 fully saturated rings. The first kappa shape index (κ1) is 14.1. The van der Waals surface area contributed by atoms with E-state index < -0.39 is 5.97 Å². The van der Waals surface area contributed by atoms with Crippen LogP contribution in [0.15, 0.2) is 50.1 Å². The molecule has 3 rings (SSSR count). The third-order valence-corrected chi connectivity index (χ3v) is 4.24. The Balaban J connectivity index is 2.38. The van der Waals surface area contributed by atoms with Crippen LogP contribution in [0.25, 0.3) is 16.7 Å². The van der Waals surface area contributed by atoms with Crippen molar-refractivity contribution in [2.45, 2.75) is 0 Å². The lowest BCUT2D eigenvalue weighted by Gasteiger charge is -2.07. The Morgan fingerprint density at radius 2 is 1.90 bits per heavy atom. The fourth-order valence-electron chi connectivity index (χ4n) is 2.13. The molecule has 106 valence electrons. The van der Waals surface area contributed by atoms with Crippen LogP contribution in [0.5, 0.6) is 0 Å². The number of rotatable bonds is 2. The van der Waals surface area contributed by atoms with Crippen LogP contribution in [0.4, 0.5) is 0 Å².